The molecule has 1 aromatic heterocycles. The smallest absolute Gasteiger partial charge is 0.236 e. The van der Waals surface area contributed by atoms with Crippen LogP contribution in [-0.2, 0) is 4.79 Å². The number of rotatable bonds is 4. The van der Waals surface area contributed by atoms with E-state index in [-0.39, 0.29) is 5.91 Å². The average molecular weight is 356 g/mol. The van der Waals surface area contributed by atoms with Crippen molar-refractivity contribution in [1.29, 1.82) is 0 Å². The number of likely N-dealkylation sites (tertiary alicyclic amines) is 1. The van der Waals surface area contributed by atoms with Crippen molar-refractivity contribution in [3.63, 3.8) is 0 Å². The van der Waals surface area contributed by atoms with Crippen LogP contribution in [0.4, 0.5) is 5.69 Å². The van der Waals surface area contributed by atoms with E-state index in [4.69, 9.17) is 0 Å². The molecular formula is C20H25N3OS. The Bertz CT molecular complexity index is 680. The zero-order chi connectivity index (χ0) is 17.1. The molecule has 4 nitrogen and oxygen atoms in total. The van der Waals surface area contributed by atoms with Crippen LogP contribution in [0.3, 0.4) is 0 Å². The van der Waals surface area contributed by atoms with Gasteiger partial charge >= 0.3 is 0 Å². The molecule has 2 aromatic rings. The third-order valence-corrected chi connectivity index (χ3v) is 6.30. The maximum absolute atomic E-state index is 12.8. The van der Waals surface area contributed by atoms with Crippen molar-refractivity contribution < 1.29 is 4.79 Å². The largest absolute Gasteiger partial charge is 0.368 e. The van der Waals surface area contributed by atoms with Crippen LogP contribution in [0, 0.1) is 0 Å². The molecule has 1 aromatic carbocycles. The van der Waals surface area contributed by atoms with E-state index in [1.165, 1.54) is 23.4 Å². The van der Waals surface area contributed by atoms with Crippen molar-refractivity contribution in [3.8, 4) is 0 Å². The quantitative estimate of drug-likeness (QED) is 0.842. The number of anilines is 1. The summed E-state index contributed by atoms with van der Waals surface area (Å²) >= 11 is 1.81. The SMILES string of the molecule is O=C(CN1CCCC1c1cccs1)N1CCN(c2ccccc2)CC1. The fourth-order valence-corrected chi connectivity index (χ4v) is 4.84. The highest BCUT2D eigenvalue weighted by atomic mass is 32.1. The Morgan fingerprint density at radius 1 is 1.00 bits per heavy atom. The van der Waals surface area contributed by atoms with E-state index in [0.29, 0.717) is 12.6 Å². The predicted molar refractivity (Wildman–Crippen MR) is 103 cm³/mol. The minimum Gasteiger partial charge on any atom is -0.368 e. The summed E-state index contributed by atoms with van der Waals surface area (Å²) in [5.41, 5.74) is 1.26. The van der Waals surface area contributed by atoms with Crippen LogP contribution in [0.2, 0.25) is 0 Å². The zero-order valence-corrected chi connectivity index (χ0v) is 15.3. The molecule has 2 aliphatic heterocycles. The summed E-state index contributed by atoms with van der Waals surface area (Å²) in [6.45, 7) is 5.09. The summed E-state index contributed by atoms with van der Waals surface area (Å²) in [6, 6.07) is 15.2. The lowest BCUT2D eigenvalue weighted by molar-refractivity contribution is -0.132. The Labute approximate surface area is 153 Å². The van der Waals surface area contributed by atoms with Crippen LogP contribution in [0.15, 0.2) is 47.8 Å². The molecule has 132 valence electrons. The summed E-state index contributed by atoms with van der Waals surface area (Å²) in [5, 5.41) is 2.14. The van der Waals surface area contributed by atoms with E-state index in [0.717, 1.165) is 32.7 Å². The fourth-order valence-electron chi connectivity index (χ4n) is 3.95. The third kappa shape index (κ3) is 3.72. The van der Waals surface area contributed by atoms with Gasteiger partial charge in [-0.05, 0) is 43.0 Å². The van der Waals surface area contributed by atoms with Gasteiger partial charge in [0.05, 0.1) is 6.54 Å². The van der Waals surface area contributed by atoms with Gasteiger partial charge in [-0.1, -0.05) is 24.3 Å². The molecule has 0 N–H and O–H groups in total. The molecule has 0 bridgehead atoms. The normalized spacial score (nSPS) is 21.7. The van der Waals surface area contributed by atoms with Crippen molar-refractivity contribution >= 4 is 22.9 Å². The number of piperazine rings is 1. The van der Waals surface area contributed by atoms with Gasteiger partial charge in [-0.3, -0.25) is 9.69 Å². The first kappa shape index (κ1) is 16.6. The Kier molecular flexibility index (Phi) is 5.04. The average Bonchev–Trinajstić information content (AvgIpc) is 3.34. The van der Waals surface area contributed by atoms with Gasteiger partial charge in [-0.2, -0.15) is 0 Å². The lowest BCUT2D eigenvalue weighted by Crippen LogP contribution is -2.51. The molecule has 5 heteroatoms. The van der Waals surface area contributed by atoms with Crippen molar-refractivity contribution in [2.45, 2.75) is 18.9 Å². The second-order valence-electron chi connectivity index (χ2n) is 6.85. The van der Waals surface area contributed by atoms with Gasteiger partial charge in [-0.25, -0.2) is 0 Å². The van der Waals surface area contributed by atoms with Gasteiger partial charge in [0.1, 0.15) is 0 Å². The zero-order valence-electron chi connectivity index (χ0n) is 14.5. The molecule has 2 aliphatic rings. The molecule has 0 radical (unpaired) electrons. The Morgan fingerprint density at radius 2 is 1.80 bits per heavy atom. The van der Waals surface area contributed by atoms with Crippen LogP contribution in [0.1, 0.15) is 23.8 Å². The number of carbonyl (C=O) groups excluding carboxylic acids is 1. The predicted octanol–water partition coefficient (Wildman–Crippen LogP) is 3.23. The molecule has 1 atom stereocenters. The van der Waals surface area contributed by atoms with E-state index in [1.54, 1.807) is 0 Å². The second kappa shape index (κ2) is 7.58. The number of carbonyl (C=O) groups is 1. The molecule has 0 spiro atoms. The minimum absolute atomic E-state index is 0.288. The summed E-state index contributed by atoms with van der Waals surface area (Å²) in [5.74, 6) is 0.288. The van der Waals surface area contributed by atoms with Gasteiger partial charge in [-0.15, -0.1) is 11.3 Å². The van der Waals surface area contributed by atoms with E-state index in [9.17, 15) is 4.79 Å². The highest BCUT2D eigenvalue weighted by Crippen LogP contribution is 2.34. The standard InChI is InChI=1S/C20H25N3OS/c24-20(16-23-10-4-8-18(23)19-9-5-15-25-19)22-13-11-21(12-14-22)17-6-2-1-3-7-17/h1-3,5-7,9,15,18H,4,8,10-14,16H2. The van der Waals surface area contributed by atoms with Crippen LogP contribution < -0.4 is 4.90 Å². The van der Waals surface area contributed by atoms with E-state index in [2.05, 4.69) is 51.6 Å². The maximum atomic E-state index is 12.8. The van der Waals surface area contributed by atoms with Crippen LogP contribution in [-0.4, -0.2) is 55.0 Å². The molecule has 0 aliphatic carbocycles. The first-order valence-electron chi connectivity index (χ1n) is 9.16. The highest BCUT2D eigenvalue weighted by molar-refractivity contribution is 7.10. The highest BCUT2D eigenvalue weighted by Gasteiger charge is 2.30. The van der Waals surface area contributed by atoms with Crippen molar-refractivity contribution in [3.05, 3.63) is 52.7 Å². The van der Waals surface area contributed by atoms with Gasteiger partial charge in [0.15, 0.2) is 0 Å². The number of nitrogens with zero attached hydrogens (tertiary/aromatic N) is 3. The summed E-state index contributed by atoms with van der Waals surface area (Å²) in [7, 11) is 0. The van der Waals surface area contributed by atoms with Gasteiger partial charge in [0, 0.05) is 42.8 Å². The maximum Gasteiger partial charge on any atom is 0.236 e. The number of hydrogen-bond acceptors (Lipinski definition) is 4. The molecule has 25 heavy (non-hydrogen) atoms. The van der Waals surface area contributed by atoms with E-state index < -0.39 is 0 Å². The van der Waals surface area contributed by atoms with Crippen molar-refractivity contribution in [2.75, 3.05) is 44.2 Å². The monoisotopic (exact) mass is 355 g/mol. The number of hydrogen-bond donors (Lipinski definition) is 0. The Hall–Kier alpha value is -1.85. The summed E-state index contributed by atoms with van der Waals surface area (Å²) in [4.78, 5) is 21.0. The lowest BCUT2D eigenvalue weighted by Gasteiger charge is -2.37. The topological polar surface area (TPSA) is 26.8 Å². The van der Waals surface area contributed by atoms with Crippen molar-refractivity contribution in [2.24, 2.45) is 0 Å². The molecule has 2 fully saturated rings. The third-order valence-electron chi connectivity index (χ3n) is 5.33. The number of para-hydroxylation sites is 1. The molecule has 1 unspecified atom stereocenters. The van der Waals surface area contributed by atoms with E-state index >= 15 is 0 Å². The molecule has 4 rings (SSSR count). The number of amides is 1. The lowest BCUT2D eigenvalue weighted by atomic mass is 10.2. The molecular weight excluding hydrogens is 330 g/mol. The minimum atomic E-state index is 0.288. The van der Waals surface area contributed by atoms with Gasteiger partial charge in [0.2, 0.25) is 5.91 Å². The Morgan fingerprint density at radius 3 is 2.52 bits per heavy atom. The fraction of sp³-hybridized carbons (Fsp3) is 0.450. The van der Waals surface area contributed by atoms with Crippen LogP contribution in [0.5, 0.6) is 0 Å². The van der Waals surface area contributed by atoms with Crippen LogP contribution >= 0.6 is 11.3 Å². The second-order valence-corrected chi connectivity index (χ2v) is 7.83. The summed E-state index contributed by atoms with van der Waals surface area (Å²) < 4.78 is 0. The van der Waals surface area contributed by atoms with Crippen LogP contribution in [0.25, 0.3) is 0 Å². The molecule has 3 heterocycles. The van der Waals surface area contributed by atoms with Gasteiger partial charge < -0.3 is 9.80 Å². The molecule has 1 amide bonds. The molecule has 2 saturated heterocycles. The first-order valence-corrected chi connectivity index (χ1v) is 10.0. The summed E-state index contributed by atoms with van der Waals surface area (Å²) in [6.07, 6.45) is 2.37. The van der Waals surface area contributed by atoms with Crippen molar-refractivity contribution in [1.82, 2.24) is 9.80 Å². The molecule has 0 saturated carbocycles. The number of benzene rings is 1. The first-order chi connectivity index (χ1) is 12.3. The van der Waals surface area contributed by atoms with Gasteiger partial charge in [0.25, 0.3) is 0 Å². The number of thiophene rings is 1. The Balaban J connectivity index is 1.32. The van der Waals surface area contributed by atoms with E-state index in [1.807, 2.05) is 22.3 Å².